The van der Waals surface area contributed by atoms with Gasteiger partial charge < -0.3 is 0 Å². The first-order chi connectivity index (χ1) is 6.22. The third-order valence-corrected chi connectivity index (χ3v) is 4.22. The van der Waals surface area contributed by atoms with Crippen molar-refractivity contribution in [3.05, 3.63) is 33.1 Å². The molecule has 3 heteroatoms. The van der Waals surface area contributed by atoms with Gasteiger partial charge in [-0.25, -0.2) is 0 Å². The van der Waals surface area contributed by atoms with Crippen LogP contribution < -0.4 is 0 Å². The van der Waals surface area contributed by atoms with E-state index >= 15 is 0 Å². The summed E-state index contributed by atoms with van der Waals surface area (Å²) in [7, 11) is 0. The van der Waals surface area contributed by atoms with Crippen molar-refractivity contribution in [3.8, 4) is 0 Å². The molecule has 0 unspecified atom stereocenters. The van der Waals surface area contributed by atoms with Gasteiger partial charge >= 0.3 is 0 Å². The molecule has 0 nitrogen and oxygen atoms in total. The summed E-state index contributed by atoms with van der Waals surface area (Å²) in [5.74, 6) is 0.598. The van der Waals surface area contributed by atoms with Crippen LogP contribution in [0.2, 0.25) is 0 Å². The summed E-state index contributed by atoms with van der Waals surface area (Å²) in [4.78, 5) is 0. The maximum atomic E-state index is 5.83. The van der Waals surface area contributed by atoms with Crippen LogP contribution in [-0.2, 0) is 5.88 Å². The number of benzene rings is 1. The van der Waals surface area contributed by atoms with Gasteiger partial charge in [-0.1, -0.05) is 15.9 Å². The lowest BCUT2D eigenvalue weighted by molar-refractivity contribution is 1.44. The van der Waals surface area contributed by atoms with E-state index in [1.807, 2.05) is 0 Å². The van der Waals surface area contributed by atoms with Crippen molar-refractivity contribution in [1.82, 2.24) is 0 Å². The molecular weight excluding hydrogens is 268 g/mol. The van der Waals surface area contributed by atoms with Crippen molar-refractivity contribution >= 4 is 49.0 Å². The molecule has 68 valence electrons. The van der Waals surface area contributed by atoms with Gasteiger partial charge in [0.15, 0.2) is 0 Å². The van der Waals surface area contributed by atoms with Crippen LogP contribution in [0.5, 0.6) is 0 Å². The van der Waals surface area contributed by atoms with Gasteiger partial charge in [-0.15, -0.1) is 22.9 Å². The summed E-state index contributed by atoms with van der Waals surface area (Å²) in [5, 5.41) is 3.42. The van der Waals surface area contributed by atoms with Crippen molar-refractivity contribution in [3.63, 3.8) is 0 Å². The van der Waals surface area contributed by atoms with Crippen molar-refractivity contribution in [2.75, 3.05) is 0 Å². The zero-order valence-corrected chi connectivity index (χ0v) is 10.3. The van der Waals surface area contributed by atoms with Crippen LogP contribution in [0.25, 0.3) is 10.1 Å². The molecule has 0 amide bonds. The Labute approximate surface area is 94.7 Å². The van der Waals surface area contributed by atoms with Gasteiger partial charge in [0.25, 0.3) is 0 Å². The smallest absolute Gasteiger partial charge is 0.0488 e. The Bertz CT molecular complexity index is 447. The highest BCUT2D eigenvalue weighted by Gasteiger charge is 2.05. The maximum absolute atomic E-state index is 5.83. The molecule has 0 atom stereocenters. The minimum absolute atomic E-state index is 0.598. The second kappa shape index (κ2) is 3.60. The summed E-state index contributed by atoms with van der Waals surface area (Å²) >= 11 is 11.1. The van der Waals surface area contributed by atoms with Crippen LogP contribution in [0.1, 0.15) is 11.1 Å². The standard InChI is InChI=1S/C10H8BrClS/c1-6-2-8-7(4-12)5-13-10(8)3-9(6)11/h2-3,5H,4H2,1H3. The highest BCUT2D eigenvalue weighted by Crippen LogP contribution is 2.31. The van der Waals surface area contributed by atoms with Crippen LogP contribution in [0.15, 0.2) is 22.0 Å². The fourth-order valence-corrected chi connectivity index (χ4v) is 3.10. The lowest BCUT2D eigenvalue weighted by Gasteiger charge is -1.99. The van der Waals surface area contributed by atoms with Crippen molar-refractivity contribution < 1.29 is 0 Å². The quantitative estimate of drug-likeness (QED) is 0.661. The van der Waals surface area contributed by atoms with E-state index < -0.39 is 0 Å². The van der Waals surface area contributed by atoms with Gasteiger partial charge in [-0.2, -0.15) is 0 Å². The molecule has 0 aliphatic rings. The summed E-state index contributed by atoms with van der Waals surface area (Å²) in [6.45, 7) is 2.10. The molecule has 2 rings (SSSR count). The van der Waals surface area contributed by atoms with Crippen molar-refractivity contribution in [2.45, 2.75) is 12.8 Å². The molecular formula is C10H8BrClS. The zero-order chi connectivity index (χ0) is 9.42. The van der Waals surface area contributed by atoms with Crippen LogP contribution in [0, 0.1) is 6.92 Å². The third-order valence-electron chi connectivity index (χ3n) is 2.08. The van der Waals surface area contributed by atoms with Crippen LogP contribution in [-0.4, -0.2) is 0 Å². The number of thiophene rings is 1. The number of halogens is 2. The molecule has 0 aliphatic heterocycles. The Morgan fingerprint density at radius 3 is 2.92 bits per heavy atom. The largest absolute Gasteiger partial charge is 0.143 e. The number of fused-ring (bicyclic) bond motifs is 1. The molecule has 1 heterocycles. The Balaban J connectivity index is 2.77. The number of hydrogen-bond acceptors (Lipinski definition) is 1. The first-order valence-electron chi connectivity index (χ1n) is 3.94. The van der Waals surface area contributed by atoms with E-state index in [9.17, 15) is 0 Å². The van der Waals surface area contributed by atoms with E-state index in [2.05, 4.69) is 40.4 Å². The lowest BCUT2D eigenvalue weighted by Crippen LogP contribution is -1.77. The third kappa shape index (κ3) is 1.63. The van der Waals surface area contributed by atoms with Gasteiger partial charge in [0.2, 0.25) is 0 Å². The van der Waals surface area contributed by atoms with Crippen LogP contribution in [0.3, 0.4) is 0 Å². The summed E-state index contributed by atoms with van der Waals surface area (Å²) < 4.78 is 2.47. The Morgan fingerprint density at radius 2 is 2.23 bits per heavy atom. The predicted octanol–water partition coefficient (Wildman–Crippen LogP) is 4.71. The molecule has 1 aromatic carbocycles. The first-order valence-corrected chi connectivity index (χ1v) is 6.15. The normalized spacial score (nSPS) is 11.0. The highest BCUT2D eigenvalue weighted by atomic mass is 79.9. The molecule has 0 spiro atoms. The second-order valence-corrected chi connectivity index (χ2v) is 5.02. The van der Waals surface area contributed by atoms with E-state index in [1.54, 1.807) is 11.3 Å². The minimum Gasteiger partial charge on any atom is -0.143 e. The molecule has 2 aromatic rings. The Kier molecular flexibility index (Phi) is 2.63. The van der Waals surface area contributed by atoms with Gasteiger partial charge in [0.1, 0.15) is 0 Å². The van der Waals surface area contributed by atoms with Crippen molar-refractivity contribution in [1.29, 1.82) is 0 Å². The average Bonchev–Trinajstić information content (AvgIpc) is 2.48. The maximum Gasteiger partial charge on any atom is 0.0488 e. The van der Waals surface area contributed by atoms with Gasteiger partial charge in [-0.05, 0) is 40.9 Å². The Morgan fingerprint density at radius 1 is 1.46 bits per heavy atom. The molecule has 0 N–H and O–H groups in total. The molecule has 0 aliphatic carbocycles. The zero-order valence-electron chi connectivity index (χ0n) is 7.10. The van der Waals surface area contributed by atoms with Crippen molar-refractivity contribution in [2.24, 2.45) is 0 Å². The monoisotopic (exact) mass is 274 g/mol. The highest BCUT2D eigenvalue weighted by molar-refractivity contribution is 9.10. The molecule has 0 saturated heterocycles. The van der Waals surface area contributed by atoms with Crippen LogP contribution >= 0.6 is 38.9 Å². The number of hydrogen-bond donors (Lipinski definition) is 0. The Hall–Kier alpha value is -0.0500. The average molecular weight is 276 g/mol. The number of aryl methyl sites for hydroxylation is 1. The topological polar surface area (TPSA) is 0 Å². The van der Waals surface area contributed by atoms with Gasteiger partial charge in [0.05, 0.1) is 0 Å². The fraction of sp³-hybridized carbons (Fsp3) is 0.200. The predicted molar refractivity (Wildman–Crippen MR) is 63.8 cm³/mol. The van der Waals surface area contributed by atoms with E-state index in [-0.39, 0.29) is 0 Å². The molecule has 0 radical (unpaired) electrons. The van der Waals surface area contributed by atoms with Gasteiger partial charge in [0, 0.05) is 15.1 Å². The fourth-order valence-electron chi connectivity index (χ4n) is 1.31. The molecule has 0 saturated carbocycles. The molecule has 0 bridgehead atoms. The number of alkyl halides is 1. The molecule has 0 fully saturated rings. The number of rotatable bonds is 1. The van der Waals surface area contributed by atoms with E-state index in [1.165, 1.54) is 25.7 Å². The second-order valence-electron chi connectivity index (χ2n) is 2.99. The summed E-state index contributed by atoms with van der Waals surface area (Å²) in [6.07, 6.45) is 0. The molecule has 1 aromatic heterocycles. The first kappa shape index (κ1) is 9.50. The molecule has 13 heavy (non-hydrogen) atoms. The summed E-state index contributed by atoms with van der Waals surface area (Å²) in [5.41, 5.74) is 2.49. The minimum atomic E-state index is 0.598. The van der Waals surface area contributed by atoms with Crippen LogP contribution in [0.4, 0.5) is 0 Å². The SMILES string of the molecule is Cc1cc2c(CCl)csc2cc1Br. The van der Waals surface area contributed by atoms with E-state index in [0.717, 1.165) is 0 Å². The van der Waals surface area contributed by atoms with Gasteiger partial charge in [-0.3, -0.25) is 0 Å². The lowest BCUT2D eigenvalue weighted by atomic mass is 10.1. The summed E-state index contributed by atoms with van der Waals surface area (Å²) in [6, 6.07) is 4.35. The van der Waals surface area contributed by atoms with E-state index in [4.69, 9.17) is 11.6 Å². The van der Waals surface area contributed by atoms with E-state index in [0.29, 0.717) is 5.88 Å².